The van der Waals surface area contributed by atoms with E-state index in [2.05, 4.69) is 24.5 Å². The van der Waals surface area contributed by atoms with Crippen molar-refractivity contribution in [3.8, 4) is 0 Å². The molecule has 21 heavy (non-hydrogen) atoms. The number of hydrogen-bond acceptors (Lipinski definition) is 4. The van der Waals surface area contributed by atoms with Gasteiger partial charge in [0.25, 0.3) is 0 Å². The molecule has 0 aliphatic carbocycles. The Bertz CT molecular complexity index is 345. The predicted octanol–water partition coefficient (Wildman–Crippen LogP) is 0.517. The van der Waals surface area contributed by atoms with E-state index in [1.807, 2.05) is 13.8 Å². The van der Waals surface area contributed by atoms with Crippen LogP contribution in [0.15, 0.2) is 0 Å². The van der Waals surface area contributed by atoms with E-state index in [4.69, 9.17) is 4.74 Å². The van der Waals surface area contributed by atoms with Gasteiger partial charge >= 0.3 is 0 Å². The van der Waals surface area contributed by atoms with E-state index in [1.54, 1.807) is 4.90 Å². The Labute approximate surface area is 127 Å². The van der Waals surface area contributed by atoms with Crippen LogP contribution in [0.5, 0.6) is 0 Å². The van der Waals surface area contributed by atoms with Crippen LogP contribution in [0, 0.1) is 0 Å². The van der Waals surface area contributed by atoms with Crippen LogP contribution in [-0.4, -0.2) is 61.1 Å². The van der Waals surface area contributed by atoms with Crippen molar-refractivity contribution < 1.29 is 14.3 Å². The molecule has 1 saturated heterocycles. The van der Waals surface area contributed by atoms with Gasteiger partial charge in [-0.3, -0.25) is 9.59 Å². The minimum absolute atomic E-state index is 0.0350. The minimum Gasteiger partial charge on any atom is -0.377 e. The van der Waals surface area contributed by atoms with E-state index in [1.165, 1.54) is 0 Å². The molecular formula is C15H29N3O3. The van der Waals surface area contributed by atoms with Gasteiger partial charge in [-0.2, -0.15) is 0 Å². The van der Waals surface area contributed by atoms with Crippen molar-refractivity contribution >= 4 is 11.8 Å². The second kappa shape index (κ2) is 9.00. The van der Waals surface area contributed by atoms with E-state index < -0.39 is 6.04 Å². The number of nitrogens with zero attached hydrogens (tertiary/aromatic N) is 1. The molecule has 1 aliphatic heterocycles. The third-order valence-corrected chi connectivity index (χ3v) is 3.30. The van der Waals surface area contributed by atoms with Crippen LogP contribution < -0.4 is 10.6 Å². The highest BCUT2D eigenvalue weighted by atomic mass is 16.5. The van der Waals surface area contributed by atoms with Crippen LogP contribution in [0.25, 0.3) is 0 Å². The van der Waals surface area contributed by atoms with Gasteiger partial charge in [-0.25, -0.2) is 0 Å². The first kappa shape index (κ1) is 17.9. The van der Waals surface area contributed by atoms with Crippen molar-refractivity contribution in [2.75, 3.05) is 26.3 Å². The lowest BCUT2D eigenvalue weighted by atomic mass is 10.1. The highest BCUT2D eigenvalue weighted by Gasteiger charge is 2.32. The summed E-state index contributed by atoms with van der Waals surface area (Å²) < 4.78 is 5.36. The van der Waals surface area contributed by atoms with Crippen molar-refractivity contribution in [2.24, 2.45) is 0 Å². The molecule has 122 valence electrons. The van der Waals surface area contributed by atoms with E-state index in [0.29, 0.717) is 25.6 Å². The zero-order chi connectivity index (χ0) is 15.8. The number of amides is 2. The van der Waals surface area contributed by atoms with Crippen LogP contribution in [-0.2, 0) is 14.3 Å². The van der Waals surface area contributed by atoms with Crippen molar-refractivity contribution in [1.29, 1.82) is 0 Å². The lowest BCUT2D eigenvalue weighted by Crippen LogP contribution is -2.56. The Kier molecular flexibility index (Phi) is 7.67. The molecule has 0 aromatic carbocycles. The molecule has 0 radical (unpaired) electrons. The molecule has 0 aromatic heterocycles. The highest BCUT2D eigenvalue weighted by Crippen LogP contribution is 2.10. The summed E-state index contributed by atoms with van der Waals surface area (Å²) in [5.74, 6) is -0.0916. The molecule has 1 atom stereocenters. The molecule has 1 fully saturated rings. The van der Waals surface area contributed by atoms with E-state index >= 15 is 0 Å². The van der Waals surface area contributed by atoms with Crippen molar-refractivity contribution in [3.63, 3.8) is 0 Å². The molecule has 0 bridgehead atoms. The van der Waals surface area contributed by atoms with Gasteiger partial charge in [0.2, 0.25) is 11.8 Å². The van der Waals surface area contributed by atoms with Crippen molar-refractivity contribution in [2.45, 2.75) is 58.7 Å². The van der Waals surface area contributed by atoms with Gasteiger partial charge < -0.3 is 20.3 Å². The first-order chi connectivity index (χ1) is 9.91. The Morgan fingerprint density at radius 2 is 1.95 bits per heavy atom. The van der Waals surface area contributed by atoms with E-state index in [-0.39, 0.29) is 24.5 Å². The number of rotatable bonds is 7. The maximum atomic E-state index is 12.3. The topological polar surface area (TPSA) is 70.7 Å². The van der Waals surface area contributed by atoms with Crippen LogP contribution in [0.4, 0.5) is 0 Å². The third-order valence-electron chi connectivity index (χ3n) is 3.30. The average Bonchev–Trinajstić information content (AvgIpc) is 2.42. The lowest BCUT2D eigenvalue weighted by Gasteiger charge is -2.35. The molecule has 1 heterocycles. The fraction of sp³-hybridized carbons (Fsp3) is 0.867. The van der Waals surface area contributed by atoms with Crippen LogP contribution in [0.1, 0.15) is 40.5 Å². The normalized spacial score (nSPS) is 19.1. The van der Waals surface area contributed by atoms with Crippen LogP contribution >= 0.6 is 0 Å². The molecule has 6 nitrogen and oxygen atoms in total. The number of hydrogen-bond donors (Lipinski definition) is 2. The van der Waals surface area contributed by atoms with Crippen molar-refractivity contribution in [1.82, 2.24) is 15.5 Å². The summed E-state index contributed by atoms with van der Waals surface area (Å²) in [4.78, 5) is 26.1. The quantitative estimate of drug-likeness (QED) is 0.672. The summed E-state index contributed by atoms with van der Waals surface area (Å²) in [6.45, 7) is 10.1. The first-order valence-corrected chi connectivity index (χ1v) is 7.82. The Balaban J connectivity index is 2.47. The van der Waals surface area contributed by atoms with Gasteiger partial charge in [0.05, 0.1) is 13.2 Å². The molecule has 1 rings (SSSR count). The standard InChI is InChI=1S/C15H29N3O3/c1-11(2)16-7-5-6-14(19)18-8-9-21-10-13(18)15(20)17-12(3)4/h11-13,16H,5-10H2,1-4H3,(H,17,20). The second-order valence-corrected chi connectivity index (χ2v) is 6.05. The maximum Gasteiger partial charge on any atom is 0.245 e. The zero-order valence-electron chi connectivity index (χ0n) is 13.6. The maximum absolute atomic E-state index is 12.3. The fourth-order valence-corrected chi connectivity index (χ4v) is 2.27. The summed E-state index contributed by atoms with van der Waals surface area (Å²) in [5.41, 5.74) is 0. The van der Waals surface area contributed by atoms with Gasteiger partial charge in [-0.1, -0.05) is 13.8 Å². The largest absolute Gasteiger partial charge is 0.377 e. The van der Waals surface area contributed by atoms with Crippen molar-refractivity contribution in [3.05, 3.63) is 0 Å². The first-order valence-electron chi connectivity index (χ1n) is 7.82. The summed E-state index contributed by atoms with van der Waals surface area (Å²) in [7, 11) is 0. The fourth-order valence-electron chi connectivity index (χ4n) is 2.27. The average molecular weight is 299 g/mol. The highest BCUT2D eigenvalue weighted by molar-refractivity contribution is 5.88. The van der Waals surface area contributed by atoms with Crippen LogP contribution in [0.2, 0.25) is 0 Å². The van der Waals surface area contributed by atoms with Gasteiger partial charge in [0.1, 0.15) is 6.04 Å². The second-order valence-electron chi connectivity index (χ2n) is 6.05. The molecule has 6 heteroatoms. The molecule has 0 aromatic rings. The van der Waals surface area contributed by atoms with E-state index in [0.717, 1.165) is 13.0 Å². The van der Waals surface area contributed by atoms with E-state index in [9.17, 15) is 9.59 Å². The molecule has 0 spiro atoms. The van der Waals surface area contributed by atoms with Crippen LogP contribution in [0.3, 0.4) is 0 Å². The number of carbonyl (C=O) groups is 2. The van der Waals surface area contributed by atoms with Gasteiger partial charge in [0, 0.05) is 25.0 Å². The predicted molar refractivity (Wildman–Crippen MR) is 82.0 cm³/mol. The molecular weight excluding hydrogens is 270 g/mol. The number of ether oxygens (including phenoxy) is 1. The zero-order valence-corrected chi connectivity index (χ0v) is 13.6. The summed E-state index contributed by atoms with van der Waals surface area (Å²) in [6.07, 6.45) is 1.25. The molecule has 2 amide bonds. The van der Waals surface area contributed by atoms with Gasteiger partial charge in [-0.15, -0.1) is 0 Å². The smallest absolute Gasteiger partial charge is 0.245 e. The summed E-state index contributed by atoms with van der Waals surface area (Å²) in [5, 5.41) is 6.14. The summed E-state index contributed by atoms with van der Waals surface area (Å²) >= 11 is 0. The number of morpholine rings is 1. The monoisotopic (exact) mass is 299 g/mol. The molecule has 1 aliphatic rings. The molecule has 1 unspecified atom stereocenters. The molecule has 0 saturated carbocycles. The number of nitrogens with one attached hydrogen (secondary N) is 2. The Hall–Kier alpha value is -1.14. The Morgan fingerprint density at radius 1 is 1.24 bits per heavy atom. The van der Waals surface area contributed by atoms with Gasteiger partial charge in [-0.05, 0) is 26.8 Å². The number of carbonyl (C=O) groups excluding carboxylic acids is 2. The van der Waals surface area contributed by atoms with Gasteiger partial charge in [0.15, 0.2) is 0 Å². The summed E-state index contributed by atoms with van der Waals surface area (Å²) in [6, 6.07) is -0.00798. The third kappa shape index (κ3) is 6.44. The Morgan fingerprint density at radius 3 is 2.57 bits per heavy atom. The SMILES string of the molecule is CC(C)NCCCC(=O)N1CCOCC1C(=O)NC(C)C. The molecule has 2 N–H and O–H groups in total. The lowest BCUT2D eigenvalue weighted by molar-refractivity contribution is -0.148. The minimum atomic E-state index is -0.494.